The Kier molecular flexibility index (Phi) is 7.32. The minimum Gasteiger partial charge on any atom is -0.363 e. The molecule has 1 aliphatic heterocycles. The number of amides is 2. The number of carbonyl (C=O) groups is 2. The predicted molar refractivity (Wildman–Crippen MR) is 146 cm³/mol. The molecule has 3 aromatic heterocycles. The molecule has 1 aliphatic rings. The van der Waals surface area contributed by atoms with E-state index in [0.29, 0.717) is 17.4 Å². The Balaban J connectivity index is 1.26. The van der Waals surface area contributed by atoms with Crippen molar-refractivity contribution in [1.29, 1.82) is 0 Å². The number of anilines is 2. The molecule has 5 rings (SSSR count). The van der Waals surface area contributed by atoms with Crippen molar-refractivity contribution < 1.29 is 9.59 Å². The molecule has 9 heteroatoms. The maximum Gasteiger partial charge on any atom is 0.274 e. The van der Waals surface area contributed by atoms with Gasteiger partial charge in [0.1, 0.15) is 5.69 Å². The van der Waals surface area contributed by atoms with E-state index in [0.717, 1.165) is 41.9 Å². The van der Waals surface area contributed by atoms with Gasteiger partial charge in [-0.1, -0.05) is 12.1 Å². The molecule has 190 valence electrons. The number of thiazole rings is 1. The highest BCUT2D eigenvalue weighted by Gasteiger charge is 2.28. The van der Waals surface area contributed by atoms with Crippen LogP contribution in [0.15, 0.2) is 72.5 Å². The third-order valence-electron chi connectivity index (χ3n) is 6.65. The molecule has 1 unspecified atom stereocenters. The van der Waals surface area contributed by atoms with E-state index in [1.54, 1.807) is 12.4 Å². The topological polar surface area (TPSA) is 92.2 Å². The molecule has 0 spiro atoms. The maximum absolute atomic E-state index is 13.0. The summed E-state index contributed by atoms with van der Waals surface area (Å²) < 4.78 is 1.92. The molecular formula is C28H30N6O2S. The van der Waals surface area contributed by atoms with E-state index in [4.69, 9.17) is 4.98 Å². The molecule has 1 aromatic carbocycles. The summed E-state index contributed by atoms with van der Waals surface area (Å²) in [6.45, 7) is 5.06. The lowest BCUT2D eigenvalue weighted by atomic mass is 10.1. The van der Waals surface area contributed by atoms with E-state index >= 15 is 0 Å². The van der Waals surface area contributed by atoms with Crippen LogP contribution in [-0.4, -0.2) is 32.9 Å². The van der Waals surface area contributed by atoms with Gasteiger partial charge >= 0.3 is 0 Å². The van der Waals surface area contributed by atoms with E-state index in [-0.39, 0.29) is 23.9 Å². The molecule has 0 aliphatic carbocycles. The molecule has 1 fully saturated rings. The van der Waals surface area contributed by atoms with Crippen molar-refractivity contribution in [2.45, 2.75) is 45.3 Å². The van der Waals surface area contributed by atoms with E-state index < -0.39 is 0 Å². The molecule has 4 heterocycles. The van der Waals surface area contributed by atoms with E-state index in [9.17, 15) is 9.59 Å². The SMILES string of the molecule is CC(=O)NC(C)c1ccc(N2CCC[C@@H]2c2csc(NC(=O)c3cccn3Cc3ccncc3)n2)cc1. The van der Waals surface area contributed by atoms with Gasteiger partial charge in [-0.25, -0.2) is 4.98 Å². The highest BCUT2D eigenvalue weighted by atomic mass is 32.1. The summed E-state index contributed by atoms with van der Waals surface area (Å²) in [5.41, 5.74) is 4.84. The van der Waals surface area contributed by atoms with Crippen LogP contribution in [0.2, 0.25) is 0 Å². The Morgan fingerprint density at radius 1 is 1.14 bits per heavy atom. The Morgan fingerprint density at radius 3 is 2.68 bits per heavy atom. The van der Waals surface area contributed by atoms with Gasteiger partial charge in [0.25, 0.3) is 5.91 Å². The smallest absolute Gasteiger partial charge is 0.274 e. The van der Waals surface area contributed by atoms with Crippen LogP contribution in [0.5, 0.6) is 0 Å². The molecule has 37 heavy (non-hydrogen) atoms. The third-order valence-corrected chi connectivity index (χ3v) is 7.42. The van der Waals surface area contributed by atoms with E-state index in [1.165, 1.54) is 18.3 Å². The number of carbonyl (C=O) groups excluding carboxylic acids is 2. The first-order valence-corrected chi connectivity index (χ1v) is 13.3. The van der Waals surface area contributed by atoms with Gasteiger partial charge < -0.3 is 14.8 Å². The zero-order valence-electron chi connectivity index (χ0n) is 20.9. The zero-order chi connectivity index (χ0) is 25.8. The average Bonchev–Trinajstić information content (AvgIpc) is 3.65. The summed E-state index contributed by atoms with van der Waals surface area (Å²) >= 11 is 1.45. The molecule has 1 saturated heterocycles. The van der Waals surface area contributed by atoms with Gasteiger partial charge in [-0.3, -0.25) is 19.9 Å². The third kappa shape index (κ3) is 5.72. The molecule has 2 amide bonds. The van der Waals surface area contributed by atoms with Crippen LogP contribution in [0.25, 0.3) is 0 Å². The predicted octanol–water partition coefficient (Wildman–Crippen LogP) is 5.18. The number of hydrogen-bond acceptors (Lipinski definition) is 6. The number of aromatic nitrogens is 3. The normalized spacial score (nSPS) is 15.9. The molecule has 4 aromatic rings. The fourth-order valence-electron chi connectivity index (χ4n) is 4.83. The number of nitrogens with one attached hydrogen (secondary N) is 2. The lowest BCUT2D eigenvalue weighted by Gasteiger charge is -2.26. The van der Waals surface area contributed by atoms with Crippen LogP contribution in [0.1, 0.15) is 66.1 Å². The first-order valence-electron chi connectivity index (χ1n) is 12.4. The summed E-state index contributed by atoms with van der Waals surface area (Å²) in [6, 6.07) is 16.1. The molecule has 2 N–H and O–H groups in total. The fraction of sp³-hybridized carbons (Fsp3) is 0.286. The van der Waals surface area contributed by atoms with Crippen LogP contribution in [0.4, 0.5) is 10.8 Å². The number of pyridine rings is 1. The number of benzene rings is 1. The highest BCUT2D eigenvalue weighted by Crippen LogP contribution is 2.37. The van der Waals surface area contributed by atoms with Crippen LogP contribution < -0.4 is 15.5 Å². The summed E-state index contributed by atoms with van der Waals surface area (Å²) in [7, 11) is 0. The average molecular weight is 515 g/mol. The van der Waals surface area contributed by atoms with Crippen molar-refractivity contribution in [3.05, 3.63) is 95.0 Å². The van der Waals surface area contributed by atoms with Crippen LogP contribution in [-0.2, 0) is 11.3 Å². The summed E-state index contributed by atoms with van der Waals surface area (Å²) in [4.78, 5) is 35.6. The fourth-order valence-corrected chi connectivity index (χ4v) is 5.58. The van der Waals surface area contributed by atoms with Crippen molar-refractivity contribution in [1.82, 2.24) is 19.9 Å². The number of hydrogen-bond donors (Lipinski definition) is 2. The van der Waals surface area contributed by atoms with Gasteiger partial charge in [0.05, 0.1) is 17.8 Å². The van der Waals surface area contributed by atoms with Crippen molar-refractivity contribution in [3.8, 4) is 0 Å². The molecular weight excluding hydrogens is 484 g/mol. The zero-order valence-corrected chi connectivity index (χ0v) is 21.7. The Hall–Kier alpha value is -3.98. The molecule has 0 bridgehead atoms. The van der Waals surface area contributed by atoms with Gasteiger partial charge in [-0.15, -0.1) is 11.3 Å². The minimum atomic E-state index is -0.174. The first kappa shape index (κ1) is 24.7. The molecule has 8 nitrogen and oxygen atoms in total. The Bertz CT molecular complexity index is 1360. The Labute approximate surface area is 220 Å². The van der Waals surface area contributed by atoms with Crippen LogP contribution >= 0.6 is 11.3 Å². The van der Waals surface area contributed by atoms with Gasteiger partial charge in [0.2, 0.25) is 5.91 Å². The quantitative estimate of drug-likeness (QED) is 0.338. The van der Waals surface area contributed by atoms with Crippen LogP contribution in [0.3, 0.4) is 0 Å². The highest BCUT2D eigenvalue weighted by molar-refractivity contribution is 7.14. The standard InChI is InChI=1S/C28H30N6O2S/c1-19(30-20(2)35)22-7-9-23(10-8-22)34-16-4-5-25(34)24-18-37-28(31-24)32-27(36)26-6-3-15-33(26)17-21-11-13-29-14-12-21/h3,6-15,18-19,25H,4-5,16-17H2,1-2H3,(H,30,35)(H,31,32,36)/t19?,25-/m1/s1. The van der Waals surface area contributed by atoms with Crippen molar-refractivity contribution in [3.63, 3.8) is 0 Å². The maximum atomic E-state index is 13.0. The second-order valence-corrected chi connectivity index (χ2v) is 10.1. The van der Waals surface area contributed by atoms with Gasteiger partial charge in [0.15, 0.2) is 5.13 Å². The minimum absolute atomic E-state index is 0.0311. The second kappa shape index (κ2) is 11.0. The molecule has 0 radical (unpaired) electrons. The van der Waals surface area contributed by atoms with Gasteiger partial charge in [-0.2, -0.15) is 0 Å². The molecule has 0 saturated carbocycles. The first-order chi connectivity index (χ1) is 18.0. The summed E-state index contributed by atoms with van der Waals surface area (Å²) in [6.07, 6.45) is 7.50. The van der Waals surface area contributed by atoms with Crippen molar-refractivity contribution in [2.75, 3.05) is 16.8 Å². The van der Waals surface area contributed by atoms with Crippen molar-refractivity contribution in [2.24, 2.45) is 0 Å². The number of nitrogens with zero attached hydrogens (tertiary/aromatic N) is 4. The second-order valence-electron chi connectivity index (χ2n) is 9.27. The molecule has 2 atom stereocenters. The largest absolute Gasteiger partial charge is 0.363 e. The van der Waals surface area contributed by atoms with Crippen molar-refractivity contribution >= 4 is 34.0 Å². The number of rotatable bonds is 8. The monoisotopic (exact) mass is 514 g/mol. The summed E-state index contributed by atoms with van der Waals surface area (Å²) in [5.74, 6) is -0.211. The Morgan fingerprint density at radius 2 is 1.92 bits per heavy atom. The van der Waals surface area contributed by atoms with Crippen LogP contribution in [0, 0.1) is 0 Å². The van der Waals surface area contributed by atoms with Gasteiger partial charge in [-0.05, 0) is 67.3 Å². The van der Waals surface area contributed by atoms with E-state index in [1.807, 2.05) is 47.3 Å². The van der Waals surface area contributed by atoms with Gasteiger partial charge in [0, 0.05) is 49.7 Å². The lowest BCUT2D eigenvalue weighted by Crippen LogP contribution is -2.24. The lowest BCUT2D eigenvalue weighted by molar-refractivity contribution is -0.119. The summed E-state index contributed by atoms with van der Waals surface area (Å²) in [5, 5.41) is 8.56. The van der Waals surface area contributed by atoms with E-state index in [2.05, 4.69) is 44.8 Å².